The number of hydrogen-bond donors (Lipinski definition) is 1. The first kappa shape index (κ1) is 11.2. The largest absolute Gasteiger partial charge is 0.489 e. The second-order valence-corrected chi connectivity index (χ2v) is 3.37. The molecule has 4 nitrogen and oxygen atoms in total. The summed E-state index contributed by atoms with van der Waals surface area (Å²) in [5, 5.41) is 8.64. The van der Waals surface area contributed by atoms with E-state index in [1.165, 1.54) is 30.5 Å². The molecule has 88 valence electrons. The van der Waals surface area contributed by atoms with Gasteiger partial charge in [0, 0.05) is 11.6 Å². The molecule has 2 aromatic rings. The first-order valence-electron chi connectivity index (χ1n) is 4.84. The van der Waals surface area contributed by atoms with Crippen molar-refractivity contribution in [2.24, 2.45) is 0 Å². The standard InChI is InChI=1S/C12H9FO4/c13-9-2-1-3-10(5-9)16-6-8-4-11(12(14)15)17-7-8/h1-5,7H,6H2,(H,14,15). The third-order valence-electron chi connectivity index (χ3n) is 2.07. The number of hydrogen-bond acceptors (Lipinski definition) is 3. The van der Waals surface area contributed by atoms with E-state index in [0.29, 0.717) is 11.3 Å². The number of ether oxygens (including phenoxy) is 1. The van der Waals surface area contributed by atoms with E-state index in [2.05, 4.69) is 0 Å². The van der Waals surface area contributed by atoms with Crippen molar-refractivity contribution in [1.82, 2.24) is 0 Å². The van der Waals surface area contributed by atoms with Gasteiger partial charge in [0.2, 0.25) is 5.76 Å². The van der Waals surface area contributed by atoms with Crippen LogP contribution in [0.5, 0.6) is 5.75 Å². The Morgan fingerprint density at radius 1 is 1.41 bits per heavy atom. The maximum absolute atomic E-state index is 12.8. The van der Waals surface area contributed by atoms with Crippen molar-refractivity contribution in [3.8, 4) is 5.75 Å². The third-order valence-corrected chi connectivity index (χ3v) is 2.07. The van der Waals surface area contributed by atoms with Crippen LogP contribution in [0.2, 0.25) is 0 Å². The van der Waals surface area contributed by atoms with Crippen molar-refractivity contribution < 1.29 is 23.4 Å². The molecule has 5 heteroatoms. The zero-order valence-corrected chi connectivity index (χ0v) is 8.72. The van der Waals surface area contributed by atoms with Gasteiger partial charge in [-0.05, 0) is 18.2 Å². The number of benzene rings is 1. The third kappa shape index (κ3) is 2.84. The van der Waals surface area contributed by atoms with Gasteiger partial charge in [0.1, 0.15) is 18.2 Å². The number of aromatic carboxylic acids is 1. The van der Waals surface area contributed by atoms with Crippen molar-refractivity contribution in [3.05, 3.63) is 53.7 Å². The monoisotopic (exact) mass is 236 g/mol. The lowest BCUT2D eigenvalue weighted by Crippen LogP contribution is -1.95. The number of carbonyl (C=O) groups is 1. The Labute approximate surface area is 96.2 Å². The van der Waals surface area contributed by atoms with Crippen LogP contribution < -0.4 is 4.74 Å². The first-order chi connectivity index (χ1) is 8.15. The molecule has 1 heterocycles. The molecule has 0 saturated carbocycles. The van der Waals surface area contributed by atoms with Gasteiger partial charge in [-0.2, -0.15) is 0 Å². The molecule has 1 aromatic carbocycles. The fraction of sp³-hybridized carbons (Fsp3) is 0.0833. The van der Waals surface area contributed by atoms with Gasteiger partial charge in [0.05, 0.1) is 6.26 Å². The Hall–Kier alpha value is -2.30. The van der Waals surface area contributed by atoms with Gasteiger partial charge < -0.3 is 14.3 Å². The molecular weight excluding hydrogens is 227 g/mol. The number of carboxylic acids is 1. The SMILES string of the molecule is O=C(O)c1cc(COc2cccc(F)c2)co1. The predicted octanol–water partition coefficient (Wildman–Crippen LogP) is 2.70. The predicted molar refractivity (Wildman–Crippen MR) is 56.4 cm³/mol. The fourth-order valence-electron chi connectivity index (χ4n) is 1.29. The van der Waals surface area contributed by atoms with Crippen LogP contribution in [0.4, 0.5) is 4.39 Å². The van der Waals surface area contributed by atoms with E-state index >= 15 is 0 Å². The van der Waals surface area contributed by atoms with E-state index in [0.717, 1.165) is 0 Å². The molecule has 0 aliphatic carbocycles. The zero-order valence-electron chi connectivity index (χ0n) is 8.72. The summed E-state index contributed by atoms with van der Waals surface area (Å²) in [7, 11) is 0. The molecule has 1 N–H and O–H groups in total. The molecule has 1 aromatic heterocycles. The topological polar surface area (TPSA) is 59.7 Å². The van der Waals surface area contributed by atoms with Crippen molar-refractivity contribution >= 4 is 5.97 Å². The Balaban J connectivity index is 2.00. The van der Waals surface area contributed by atoms with Crippen LogP contribution in [-0.4, -0.2) is 11.1 Å². The molecule has 0 spiro atoms. The van der Waals surface area contributed by atoms with Gasteiger partial charge in [-0.15, -0.1) is 0 Å². The van der Waals surface area contributed by atoms with Crippen molar-refractivity contribution in [2.75, 3.05) is 0 Å². The lowest BCUT2D eigenvalue weighted by atomic mass is 10.3. The Bertz CT molecular complexity index is 533. The second-order valence-electron chi connectivity index (χ2n) is 3.37. The van der Waals surface area contributed by atoms with E-state index in [9.17, 15) is 9.18 Å². The average Bonchev–Trinajstić information content (AvgIpc) is 2.75. The molecule has 17 heavy (non-hydrogen) atoms. The van der Waals surface area contributed by atoms with Crippen molar-refractivity contribution in [3.63, 3.8) is 0 Å². The van der Waals surface area contributed by atoms with Crippen LogP contribution in [0.3, 0.4) is 0 Å². The maximum atomic E-state index is 12.8. The molecule has 0 bridgehead atoms. The average molecular weight is 236 g/mol. The van der Waals surface area contributed by atoms with Gasteiger partial charge in [-0.3, -0.25) is 0 Å². The molecule has 2 rings (SSSR count). The lowest BCUT2D eigenvalue weighted by molar-refractivity contribution is 0.0662. The molecule has 0 unspecified atom stereocenters. The highest BCUT2D eigenvalue weighted by molar-refractivity contribution is 5.84. The maximum Gasteiger partial charge on any atom is 0.371 e. The van der Waals surface area contributed by atoms with Gasteiger partial charge in [-0.1, -0.05) is 6.07 Å². The minimum Gasteiger partial charge on any atom is -0.489 e. The molecule has 0 aliphatic rings. The summed E-state index contributed by atoms with van der Waals surface area (Å²) in [4.78, 5) is 10.5. The van der Waals surface area contributed by atoms with Gasteiger partial charge in [0.25, 0.3) is 0 Å². The molecule has 0 saturated heterocycles. The van der Waals surface area contributed by atoms with Crippen LogP contribution in [0.1, 0.15) is 16.1 Å². The smallest absolute Gasteiger partial charge is 0.371 e. The van der Waals surface area contributed by atoms with Crippen molar-refractivity contribution in [1.29, 1.82) is 0 Å². The number of furan rings is 1. The number of rotatable bonds is 4. The molecular formula is C12H9FO4. The highest BCUT2D eigenvalue weighted by Gasteiger charge is 2.09. The van der Waals surface area contributed by atoms with Gasteiger partial charge in [0.15, 0.2) is 0 Å². The summed E-state index contributed by atoms with van der Waals surface area (Å²) in [5.41, 5.74) is 0.576. The van der Waals surface area contributed by atoms with E-state index < -0.39 is 5.97 Å². The van der Waals surface area contributed by atoms with Gasteiger partial charge in [-0.25, -0.2) is 9.18 Å². The van der Waals surface area contributed by atoms with Crippen LogP contribution in [0.15, 0.2) is 41.0 Å². The summed E-state index contributed by atoms with van der Waals surface area (Å²) >= 11 is 0. The van der Waals surface area contributed by atoms with E-state index in [-0.39, 0.29) is 18.2 Å². The Morgan fingerprint density at radius 2 is 2.24 bits per heavy atom. The van der Waals surface area contributed by atoms with Gasteiger partial charge >= 0.3 is 5.97 Å². The summed E-state index contributed by atoms with van der Waals surface area (Å²) in [6.07, 6.45) is 1.29. The van der Waals surface area contributed by atoms with E-state index in [1.54, 1.807) is 6.07 Å². The highest BCUT2D eigenvalue weighted by Crippen LogP contribution is 2.15. The minimum absolute atomic E-state index is 0.125. The Morgan fingerprint density at radius 3 is 2.88 bits per heavy atom. The van der Waals surface area contributed by atoms with Crippen LogP contribution in [0.25, 0.3) is 0 Å². The quantitative estimate of drug-likeness (QED) is 0.886. The normalized spacial score (nSPS) is 10.2. The molecule has 0 atom stereocenters. The minimum atomic E-state index is -1.14. The van der Waals surface area contributed by atoms with Crippen LogP contribution in [0, 0.1) is 5.82 Å². The molecule has 0 amide bonds. The molecule has 0 fully saturated rings. The first-order valence-corrected chi connectivity index (χ1v) is 4.84. The van der Waals surface area contributed by atoms with Crippen LogP contribution >= 0.6 is 0 Å². The summed E-state index contributed by atoms with van der Waals surface area (Å²) in [6, 6.07) is 7.07. The number of halogens is 1. The molecule has 0 radical (unpaired) electrons. The number of carboxylic acid groups (broad SMARTS) is 1. The fourth-order valence-corrected chi connectivity index (χ4v) is 1.29. The van der Waals surface area contributed by atoms with Crippen LogP contribution in [-0.2, 0) is 6.61 Å². The lowest BCUT2D eigenvalue weighted by Gasteiger charge is -2.03. The Kier molecular flexibility index (Phi) is 3.09. The van der Waals surface area contributed by atoms with E-state index in [1.807, 2.05) is 0 Å². The molecule has 0 aliphatic heterocycles. The summed E-state index contributed by atoms with van der Waals surface area (Å²) in [6.45, 7) is 0.125. The summed E-state index contributed by atoms with van der Waals surface area (Å²) in [5.74, 6) is -1.30. The van der Waals surface area contributed by atoms with E-state index in [4.69, 9.17) is 14.3 Å². The summed E-state index contributed by atoms with van der Waals surface area (Å²) < 4.78 is 22.9. The zero-order chi connectivity index (χ0) is 12.3. The van der Waals surface area contributed by atoms with Crippen molar-refractivity contribution in [2.45, 2.75) is 6.61 Å². The second kappa shape index (κ2) is 4.69. The highest BCUT2D eigenvalue weighted by atomic mass is 19.1.